The number of pyridine rings is 2. The Morgan fingerprint density at radius 2 is 1.11 bits per heavy atom. The van der Waals surface area contributed by atoms with E-state index in [1.165, 1.54) is 0 Å². The molecule has 1 aromatic carbocycles. The van der Waals surface area contributed by atoms with E-state index >= 15 is 0 Å². The number of aromatic nitrogens is 2. The van der Waals surface area contributed by atoms with Crippen LogP contribution in [0.3, 0.4) is 0 Å². The van der Waals surface area contributed by atoms with Gasteiger partial charge in [-0.1, -0.05) is 0 Å². The molecule has 0 amide bonds. The van der Waals surface area contributed by atoms with Crippen molar-refractivity contribution >= 4 is 33.2 Å². The van der Waals surface area contributed by atoms with Crippen LogP contribution in [0, 0.1) is 14.9 Å². The second kappa shape index (κ2) is 6.45. The maximum Gasteiger partial charge on any atom is 0.0986 e. The minimum absolute atomic E-state index is 0. The second-order valence-electron chi connectivity index (χ2n) is 3.63. The van der Waals surface area contributed by atoms with Crippen molar-refractivity contribution in [2.24, 2.45) is 0 Å². The fourth-order valence-corrected chi connectivity index (χ4v) is 1.91. The summed E-state index contributed by atoms with van der Waals surface area (Å²) in [5.74, 6) is 0. The molecule has 4 N–H and O–H groups in total. The topological polar surface area (TPSA) is 77.8 Å². The summed E-state index contributed by atoms with van der Waals surface area (Å²) in [5, 5.41) is 1.71. The van der Waals surface area contributed by atoms with Crippen molar-refractivity contribution in [3.8, 4) is 0 Å². The van der Waals surface area contributed by atoms with Gasteiger partial charge in [-0.05, 0) is 24.3 Å². The molecular formula is C14H16IrN4-2. The van der Waals surface area contributed by atoms with Gasteiger partial charge in [0.05, 0.1) is 22.4 Å². The van der Waals surface area contributed by atoms with Gasteiger partial charge >= 0.3 is 0 Å². The van der Waals surface area contributed by atoms with Gasteiger partial charge in [-0.3, -0.25) is 9.97 Å². The molecule has 19 heavy (non-hydrogen) atoms. The zero-order valence-corrected chi connectivity index (χ0v) is 13.2. The molecule has 0 fully saturated rings. The molecule has 3 aromatic rings. The number of fused-ring (bicyclic) bond motifs is 3. The van der Waals surface area contributed by atoms with Crippen molar-refractivity contribution in [2.45, 2.75) is 0 Å². The fourth-order valence-electron chi connectivity index (χ4n) is 1.91. The van der Waals surface area contributed by atoms with Crippen LogP contribution in [0.5, 0.6) is 0 Å². The van der Waals surface area contributed by atoms with Gasteiger partial charge in [-0.15, -0.1) is 0 Å². The monoisotopic (exact) mass is 433 g/mol. The maximum absolute atomic E-state index is 5.99. The summed E-state index contributed by atoms with van der Waals surface area (Å²) < 4.78 is 0. The third-order valence-corrected chi connectivity index (χ3v) is 2.71. The number of nitrogens with two attached hydrogens (primary N) is 2. The van der Waals surface area contributed by atoms with Crippen molar-refractivity contribution in [1.82, 2.24) is 9.97 Å². The summed E-state index contributed by atoms with van der Waals surface area (Å²) in [4.78, 5) is 8.63. The molecule has 2 aromatic heterocycles. The first-order chi connectivity index (χ1) is 7.79. The Labute approximate surface area is 126 Å². The van der Waals surface area contributed by atoms with Crippen LogP contribution in [0.1, 0.15) is 0 Å². The molecule has 0 aliphatic carbocycles. The molecule has 0 aliphatic rings. The van der Waals surface area contributed by atoms with Crippen molar-refractivity contribution in [3.63, 3.8) is 0 Å². The Bertz CT molecular complexity index is 637. The first-order valence-corrected chi connectivity index (χ1v) is 4.95. The van der Waals surface area contributed by atoms with Crippen molar-refractivity contribution < 1.29 is 20.1 Å². The van der Waals surface area contributed by atoms with Crippen LogP contribution in [0.15, 0.2) is 36.7 Å². The standard InChI is InChI=1S/C12H10N4.2CH3.Ir/c13-9-7-3-1-5-15-11(7)12-8(10(9)14)4-2-6-16-12;;;/h1-6H,13-14H2;2*1H3;/q;2*-1;. The molecule has 0 spiro atoms. The van der Waals surface area contributed by atoms with Crippen molar-refractivity contribution in [3.05, 3.63) is 51.5 Å². The molecule has 4 nitrogen and oxygen atoms in total. The molecule has 0 bridgehead atoms. The number of anilines is 2. The van der Waals surface area contributed by atoms with Gasteiger partial charge in [0.25, 0.3) is 0 Å². The van der Waals surface area contributed by atoms with Crippen LogP contribution in [0.25, 0.3) is 21.8 Å². The van der Waals surface area contributed by atoms with Crippen LogP contribution in [-0.4, -0.2) is 9.97 Å². The Morgan fingerprint density at radius 3 is 1.47 bits per heavy atom. The average Bonchev–Trinajstić information content (AvgIpc) is 2.36. The normalized spacial score (nSPS) is 9.26. The second-order valence-corrected chi connectivity index (χ2v) is 3.63. The van der Waals surface area contributed by atoms with Gasteiger partial charge in [0.2, 0.25) is 0 Å². The quantitative estimate of drug-likeness (QED) is 0.248. The molecular weight excluding hydrogens is 416 g/mol. The van der Waals surface area contributed by atoms with Crippen LogP contribution in [0.2, 0.25) is 0 Å². The number of nitrogens with zero attached hydrogens (tertiary/aromatic N) is 2. The Balaban J connectivity index is 0.00000108. The van der Waals surface area contributed by atoms with Crippen molar-refractivity contribution in [2.75, 3.05) is 11.5 Å². The van der Waals surface area contributed by atoms with Crippen LogP contribution >= 0.6 is 0 Å². The van der Waals surface area contributed by atoms with E-state index in [2.05, 4.69) is 9.97 Å². The van der Waals surface area contributed by atoms with E-state index in [1.54, 1.807) is 12.4 Å². The number of nitrogen functional groups attached to an aromatic ring is 2. The van der Waals surface area contributed by atoms with E-state index in [0.717, 1.165) is 21.8 Å². The van der Waals surface area contributed by atoms with E-state index in [4.69, 9.17) is 11.5 Å². The third kappa shape index (κ3) is 2.53. The van der Waals surface area contributed by atoms with Gasteiger partial charge in [0.1, 0.15) is 0 Å². The minimum atomic E-state index is 0. The van der Waals surface area contributed by atoms with E-state index in [1.807, 2.05) is 24.3 Å². The molecule has 2 heterocycles. The van der Waals surface area contributed by atoms with Gasteiger partial charge in [0, 0.05) is 43.3 Å². The zero-order valence-electron chi connectivity index (χ0n) is 10.8. The Morgan fingerprint density at radius 1 is 0.737 bits per heavy atom. The van der Waals surface area contributed by atoms with Crippen LogP contribution in [0.4, 0.5) is 11.4 Å². The van der Waals surface area contributed by atoms with Gasteiger partial charge < -0.3 is 26.3 Å². The zero-order chi connectivity index (χ0) is 11.1. The molecule has 1 radical (unpaired) electrons. The predicted octanol–water partition coefficient (Wildman–Crippen LogP) is 2.85. The predicted molar refractivity (Wildman–Crippen MR) is 78.7 cm³/mol. The van der Waals surface area contributed by atoms with E-state index in [0.29, 0.717) is 11.4 Å². The first kappa shape index (κ1) is 17.3. The third-order valence-electron chi connectivity index (χ3n) is 2.71. The van der Waals surface area contributed by atoms with E-state index in [9.17, 15) is 0 Å². The Kier molecular flexibility index (Phi) is 5.87. The Hall–Kier alpha value is -1.71. The van der Waals surface area contributed by atoms with Crippen LogP contribution < -0.4 is 11.5 Å². The number of benzene rings is 1. The fraction of sp³-hybridized carbons (Fsp3) is 0. The van der Waals surface area contributed by atoms with Crippen LogP contribution in [-0.2, 0) is 20.1 Å². The summed E-state index contributed by atoms with van der Waals surface area (Å²) in [6.45, 7) is 0. The van der Waals surface area contributed by atoms with Crippen molar-refractivity contribution in [1.29, 1.82) is 0 Å². The number of hydrogen-bond acceptors (Lipinski definition) is 4. The maximum atomic E-state index is 5.99. The SMILES string of the molecule is Nc1c(N)c2cccnc2c2ncccc12.[CH3-].[CH3-].[Ir]. The summed E-state index contributed by atoms with van der Waals surface area (Å²) in [7, 11) is 0. The van der Waals surface area contributed by atoms with E-state index in [-0.39, 0.29) is 35.0 Å². The molecule has 0 atom stereocenters. The average molecular weight is 433 g/mol. The molecule has 0 unspecified atom stereocenters. The summed E-state index contributed by atoms with van der Waals surface area (Å²) in [6, 6.07) is 7.49. The van der Waals surface area contributed by atoms with Gasteiger partial charge in [-0.2, -0.15) is 0 Å². The molecule has 5 heteroatoms. The van der Waals surface area contributed by atoms with E-state index < -0.39 is 0 Å². The molecule has 3 rings (SSSR count). The molecule has 0 aliphatic heterocycles. The summed E-state index contributed by atoms with van der Waals surface area (Å²) >= 11 is 0. The largest absolute Gasteiger partial charge is 0.396 e. The molecule has 103 valence electrons. The molecule has 0 saturated carbocycles. The minimum Gasteiger partial charge on any atom is -0.396 e. The van der Waals surface area contributed by atoms with Gasteiger partial charge in [0.15, 0.2) is 0 Å². The van der Waals surface area contributed by atoms with Gasteiger partial charge in [-0.25, -0.2) is 0 Å². The number of rotatable bonds is 0. The summed E-state index contributed by atoms with van der Waals surface area (Å²) in [6.07, 6.45) is 3.46. The molecule has 0 saturated heterocycles. The summed E-state index contributed by atoms with van der Waals surface area (Å²) in [5.41, 5.74) is 14.7. The smallest absolute Gasteiger partial charge is 0.0986 e. The number of hydrogen-bond donors (Lipinski definition) is 2. The first-order valence-electron chi connectivity index (χ1n) is 4.95.